The molecule has 0 unspecified atom stereocenters. The third kappa shape index (κ3) is 7.00. The average molecular weight is 461 g/mol. The summed E-state index contributed by atoms with van der Waals surface area (Å²) >= 11 is 0. The Morgan fingerprint density at radius 2 is 1.73 bits per heavy atom. The molecule has 2 N–H and O–H groups in total. The Bertz CT molecular complexity index is 1040. The SMILES string of the molecule is CCCCOc1ccccc1Nc1nc(Nc2ccc(OC(C)C)cc2)ncc1C(F)(F)F. The molecule has 9 heteroatoms. The summed E-state index contributed by atoms with van der Waals surface area (Å²) in [4.78, 5) is 7.95. The lowest BCUT2D eigenvalue weighted by Crippen LogP contribution is -2.13. The average Bonchev–Trinajstić information content (AvgIpc) is 2.75. The van der Waals surface area contributed by atoms with E-state index in [0.717, 1.165) is 19.0 Å². The maximum atomic E-state index is 13.6. The van der Waals surface area contributed by atoms with Crippen molar-refractivity contribution in [3.8, 4) is 11.5 Å². The van der Waals surface area contributed by atoms with Gasteiger partial charge in [-0.1, -0.05) is 25.5 Å². The van der Waals surface area contributed by atoms with E-state index in [0.29, 0.717) is 29.5 Å². The van der Waals surface area contributed by atoms with E-state index < -0.39 is 11.7 Å². The Kier molecular flexibility index (Phi) is 7.97. The molecule has 0 radical (unpaired) electrons. The van der Waals surface area contributed by atoms with E-state index in [2.05, 4.69) is 20.6 Å². The molecule has 0 aliphatic rings. The topological polar surface area (TPSA) is 68.3 Å². The van der Waals surface area contributed by atoms with Crippen LogP contribution in [-0.4, -0.2) is 22.7 Å². The molecule has 3 rings (SSSR count). The molecule has 0 spiro atoms. The highest BCUT2D eigenvalue weighted by Gasteiger charge is 2.35. The fourth-order valence-electron chi connectivity index (χ4n) is 2.91. The molecule has 0 atom stereocenters. The number of nitrogens with zero attached hydrogens (tertiary/aromatic N) is 2. The van der Waals surface area contributed by atoms with Crippen molar-refractivity contribution in [3.63, 3.8) is 0 Å². The van der Waals surface area contributed by atoms with Crippen molar-refractivity contribution in [2.24, 2.45) is 0 Å². The molecule has 1 aromatic heterocycles. The van der Waals surface area contributed by atoms with Gasteiger partial charge in [0.1, 0.15) is 22.9 Å². The zero-order chi connectivity index (χ0) is 23.8. The van der Waals surface area contributed by atoms with Gasteiger partial charge in [-0.3, -0.25) is 0 Å². The monoisotopic (exact) mass is 460 g/mol. The standard InChI is InChI=1S/C24H27F3N4O2/c1-4-5-14-32-21-9-7-6-8-20(21)30-22-19(24(25,26)27)15-28-23(31-22)29-17-10-12-18(13-11-17)33-16(2)3/h6-13,15-16H,4-5,14H2,1-3H3,(H2,28,29,30,31). The first-order chi connectivity index (χ1) is 15.8. The second kappa shape index (κ2) is 10.9. The van der Waals surface area contributed by atoms with Gasteiger partial charge in [0.2, 0.25) is 5.95 Å². The van der Waals surface area contributed by atoms with Gasteiger partial charge >= 0.3 is 6.18 Å². The van der Waals surface area contributed by atoms with Crippen molar-refractivity contribution in [3.05, 3.63) is 60.3 Å². The number of ether oxygens (including phenoxy) is 2. The summed E-state index contributed by atoms with van der Waals surface area (Å²) in [5, 5.41) is 5.70. The lowest BCUT2D eigenvalue weighted by atomic mass is 10.2. The summed E-state index contributed by atoms with van der Waals surface area (Å²) in [6, 6.07) is 13.8. The molecule has 176 valence electrons. The zero-order valence-electron chi connectivity index (χ0n) is 18.7. The van der Waals surface area contributed by atoms with Crippen molar-refractivity contribution in [1.82, 2.24) is 9.97 Å². The van der Waals surface area contributed by atoms with E-state index >= 15 is 0 Å². The summed E-state index contributed by atoms with van der Waals surface area (Å²) in [6.07, 6.45) is -2.06. The summed E-state index contributed by atoms with van der Waals surface area (Å²) in [5.74, 6) is 0.789. The van der Waals surface area contributed by atoms with Crippen LogP contribution in [0.15, 0.2) is 54.7 Å². The number of benzene rings is 2. The molecular formula is C24H27F3N4O2. The van der Waals surface area contributed by atoms with E-state index in [1.807, 2.05) is 20.8 Å². The molecule has 3 aromatic rings. The smallest absolute Gasteiger partial charge is 0.421 e. The number of halogens is 3. The van der Waals surface area contributed by atoms with Gasteiger partial charge in [-0.25, -0.2) is 4.98 Å². The number of para-hydroxylation sites is 2. The molecule has 2 aromatic carbocycles. The Morgan fingerprint density at radius 3 is 2.39 bits per heavy atom. The Morgan fingerprint density at radius 1 is 1.00 bits per heavy atom. The third-order valence-electron chi connectivity index (χ3n) is 4.47. The first-order valence-electron chi connectivity index (χ1n) is 10.7. The van der Waals surface area contributed by atoms with Crippen LogP contribution in [0.2, 0.25) is 0 Å². The summed E-state index contributed by atoms with van der Waals surface area (Å²) < 4.78 is 52.2. The summed E-state index contributed by atoms with van der Waals surface area (Å²) in [7, 11) is 0. The highest BCUT2D eigenvalue weighted by atomic mass is 19.4. The fourth-order valence-corrected chi connectivity index (χ4v) is 2.91. The quantitative estimate of drug-likeness (QED) is 0.319. The number of hydrogen-bond acceptors (Lipinski definition) is 6. The Labute approximate surface area is 191 Å². The lowest BCUT2D eigenvalue weighted by molar-refractivity contribution is -0.137. The maximum Gasteiger partial charge on any atom is 0.421 e. The minimum atomic E-state index is -4.63. The predicted octanol–water partition coefficient (Wildman–Crippen LogP) is 6.95. The molecule has 0 saturated carbocycles. The van der Waals surface area contributed by atoms with Crippen molar-refractivity contribution in [2.75, 3.05) is 17.2 Å². The molecule has 0 bridgehead atoms. The van der Waals surface area contributed by atoms with Crippen LogP contribution in [0.3, 0.4) is 0 Å². The number of nitrogens with one attached hydrogen (secondary N) is 2. The maximum absolute atomic E-state index is 13.6. The van der Waals surface area contributed by atoms with Crippen LogP contribution in [0.25, 0.3) is 0 Å². The number of hydrogen-bond donors (Lipinski definition) is 2. The summed E-state index contributed by atoms with van der Waals surface area (Å²) in [5.41, 5.74) is 0.0242. The number of aromatic nitrogens is 2. The van der Waals surface area contributed by atoms with Crippen LogP contribution in [0.4, 0.5) is 36.3 Å². The molecule has 0 aliphatic heterocycles. The van der Waals surface area contributed by atoms with Gasteiger partial charge in [0.15, 0.2) is 0 Å². The Balaban J connectivity index is 1.86. The van der Waals surface area contributed by atoms with Gasteiger partial charge in [0, 0.05) is 11.9 Å². The molecule has 0 aliphatic carbocycles. The van der Waals surface area contributed by atoms with Crippen molar-refractivity contribution in [1.29, 1.82) is 0 Å². The second-order valence-electron chi connectivity index (χ2n) is 7.59. The minimum absolute atomic E-state index is 0.0208. The van der Waals surface area contributed by atoms with Crippen LogP contribution >= 0.6 is 0 Å². The molecule has 1 heterocycles. The summed E-state index contributed by atoms with van der Waals surface area (Å²) in [6.45, 7) is 6.34. The predicted molar refractivity (Wildman–Crippen MR) is 123 cm³/mol. The van der Waals surface area contributed by atoms with Crippen molar-refractivity contribution in [2.45, 2.75) is 45.9 Å². The van der Waals surface area contributed by atoms with E-state index in [4.69, 9.17) is 9.47 Å². The number of rotatable bonds is 10. The van der Waals surface area contributed by atoms with Gasteiger partial charge < -0.3 is 20.1 Å². The van der Waals surface area contributed by atoms with Gasteiger partial charge in [0.05, 0.1) is 18.4 Å². The molecule has 0 saturated heterocycles. The highest BCUT2D eigenvalue weighted by Crippen LogP contribution is 2.37. The largest absolute Gasteiger partial charge is 0.491 e. The number of anilines is 4. The fraction of sp³-hybridized carbons (Fsp3) is 0.333. The zero-order valence-corrected chi connectivity index (χ0v) is 18.7. The van der Waals surface area contributed by atoms with Gasteiger partial charge in [-0.15, -0.1) is 0 Å². The highest BCUT2D eigenvalue weighted by molar-refractivity contribution is 5.67. The normalized spacial score (nSPS) is 11.4. The van der Waals surface area contributed by atoms with Crippen molar-refractivity contribution < 1.29 is 22.6 Å². The molecular weight excluding hydrogens is 433 g/mol. The number of unbranched alkanes of at least 4 members (excludes halogenated alkanes) is 1. The van der Waals surface area contributed by atoms with Crippen LogP contribution in [0.5, 0.6) is 11.5 Å². The van der Waals surface area contributed by atoms with Crippen LogP contribution in [0, 0.1) is 0 Å². The molecule has 0 fully saturated rings. The molecule has 33 heavy (non-hydrogen) atoms. The lowest BCUT2D eigenvalue weighted by Gasteiger charge is -2.17. The second-order valence-corrected chi connectivity index (χ2v) is 7.59. The number of alkyl halides is 3. The van der Waals surface area contributed by atoms with Gasteiger partial charge in [-0.2, -0.15) is 18.2 Å². The minimum Gasteiger partial charge on any atom is -0.491 e. The molecule has 6 nitrogen and oxygen atoms in total. The van der Waals surface area contributed by atoms with E-state index in [1.54, 1.807) is 48.5 Å². The van der Waals surface area contributed by atoms with Gasteiger partial charge in [0.25, 0.3) is 0 Å². The van der Waals surface area contributed by atoms with Crippen LogP contribution < -0.4 is 20.1 Å². The van der Waals surface area contributed by atoms with Crippen molar-refractivity contribution >= 4 is 23.1 Å². The van der Waals surface area contributed by atoms with Crippen LogP contribution in [-0.2, 0) is 6.18 Å². The third-order valence-corrected chi connectivity index (χ3v) is 4.47. The first-order valence-corrected chi connectivity index (χ1v) is 10.7. The van der Waals surface area contributed by atoms with Gasteiger partial charge in [-0.05, 0) is 56.7 Å². The van der Waals surface area contributed by atoms with E-state index in [1.165, 1.54) is 0 Å². The van der Waals surface area contributed by atoms with E-state index in [-0.39, 0.29) is 17.9 Å². The van der Waals surface area contributed by atoms with Crippen LogP contribution in [0.1, 0.15) is 39.2 Å². The molecule has 0 amide bonds. The first kappa shape index (κ1) is 24.2. The van der Waals surface area contributed by atoms with E-state index in [9.17, 15) is 13.2 Å². The Hall–Kier alpha value is -3.49.